The molecule has 21 heavy (non-hydrogen) atoms. The second-order valence-electron chi connectivity index (χ2n) is 5.07. The third-order valence-electron chi connectivity index (χ3n) is 3.42. The molecular formula is C14H16F3N3O. The van der Waals surface area contributed by atoms with Crippen LogP contribution in [0.15, 0.2) is 30.5 Å². The van der Waals surface area contributed by atoms with Gasteiger partial charge in [0.1, 0.15) is 0 Å². The summed E-state index contributed by atoms with van der Waals surface area (Å²) in [5, 5.41) is 3.22. The highest BCUT2D eigenvalue weighted by molar-refractivity contribution is 5.87. The molecule has 114 valence electrons. The number of nitrogens with two attached hydrogens (primary N) is 1. The van der Waals surface area contributed by atoms with Crippen LogP contribution in [0.5, 0.6) is 0 Å². The van der Waals surface area contributed by atoms with Crippen LogP contribution in [-0.2, 0) is 11.2 Å². The normalized spacial score (nSPS) is 14.9. The van der Waals surface area contributed by atoms with Crippen LogP contribution in [0.4, 0.5) is 13.2 Å². The van der Waals surface area contributed by atoms with Gasteiger partial charge in [-0.05, 0) is 25.0 Å². The number of carbonyl (C=O) groups is 1. The summed E-state index contributed by atoms with van der Waals surface area (Å²) in [7, 11) is 0. The summed E-state index contributed by atoms with van der Waals surface area (Å²) in [5.74, 6) is -1.23. The minimum absolute atomic E-state index is 0.0869. The average molecular weight is 299 g/mol. The molecule has 0 aliphatic carbocycles. The smallest absolute Gasteiger partial charge is 0.361 e. The first-order valence-electron chi connectivity index (χ1n) is 6.42. The van der Waals surface area contributed by atoms with Crippen molar-refractivity contribution < 1.29 is 18.0 Å². The van der Waals surface area contributed by atoms with Gasteiger partial charge in [-0.1, -0.05) is 18.2 Å². The van der Waals surface area contributed by atoms with Crippen molar-refractivity contribution in [2.45, 2.75) is 25.1 Å². The molecule has 0 bridgehead atoms. The van der Waals surface area contributed by atoms with E-state index in [1.165, 1.54) is 0 Å². The summed E-state index contributed by atoms with van der Waals surface area (Å²) in [6.45, 7) is 0.748. The molecule has 0 aliphatic rings. The highest BCUT2D eigenvalue weighted by Gasteiger charge is 2.53. The first kappa shape index (κ1) is 15.4. The molecule has 4 N–H and O–H groups in total. The SMILES string of the molecule is CC(N)(C(=O)NCCc1c[nH]c2ccccc12)C(F)(F)F. The third kappa shape index (κ3) is 3.02. The van der Waals surface area contributed by atoms with Crippen molar-refractivity contribution in [3.63, 3.8) is 0 Å². The Morgan fingerprint density at radius 2 is 2.00 bits per heavy atom. The van der Waals surface area contributed by atoms with Gasteiger partial charge in [0.25, 0.3) is 0 Å². The molecule has 0 fully saturated rings. The minimum atomic E-state index is -4.78. The fourth-order valence-electron chi connectivity index (χ4n) is 1.96. The molecule has 2 rings (SSSR count). The quantitative estimate of drug-likeness (QED) is 0.809. The number of para-hydroxylation sites is 1. The van der Waals surface area contributed by atoms with Gasteiger partial charge < -0.3 is 16.0 Å². The van der Waals surface area contributed by atoms with Crippen molar-refractivity contribution in [1.29, 1.82) is 0 Å². The number of halogens is 3. The van der Waals surface area contributed by atoms with E-state index in [1.807, 2.05) is 24.3 Å². The number of amides is 1. The number of rotatable bonds is 4. The van der Waals surface area contributed by atoms with E-state index in [2.05, 4.69) is 10.3 Å². The van der Waals surface area contributed by atoms with Gasteiger partial charge in [0.15, 0.2) is 5.54 Å². The Morgan fingerprint density at radius 1 is 1.33 bits per heavy atom. The topological polar surface area (TPSA) is 70.9 Å². The van der Waals surface area contributed by atoms with Crippen LogP contribution in [-0.4, -0.2) is 29.2 Å². The van der Waals surface area contributed by atoms with E-state index in [4.69, 9.17) is 5.73 Å². The van der Waals surface area contributed by atoms with Crippen molar-refractivity contribution in [3.8, 4) is 0 Å². The van der Waals surface area contributed by atoms with Crippen LogP contribution in [0.3, 0.4) is 0 Å². The standard InChI is InChI=1S/C14H16F3N3O/c1-13(18,14(15,16)17)12(21)19-7-6-9-8-20-11-5-3-2-4-10(9)11/h2-5,8,20H,6-7,18H2,1H3,(H,19,21). The molecule has 0 saturated carbocycles. The molecule has 1 aromatic carbocycles. The van der Waals surface area contributed by atoms with Gasteiger partial charge in [-0.3, -0.25) is 4.79 Å². The van der Waals surface area contributed by atoms with Crippen molar-refractivity contribution in [2.24, 2.45) is 5.73 Å². The molecule has 0 radical (unpaired) electrons. The maximum Gasteiger partial charge on any atom is 0.415 e. The fourth-order valence-corrected chi connectivity index (χ4v) is 1.96. The number of alkyl halides is 3. The summed E-state index contributed by atoms with van der Waals surface area (Å²) in [6.07, 6.45) is -2.58. The summed E-state index contributed by atoms with van der Waals surface area (Å²) in [4.78, 5) is 14.6. The average Bonchev–Trinajstić information content (AvgIpc) is 2.81. The number of hydrogen-bond donors (Lipinski definition) is 3. The highest BCUT2D eigenvalue weighted by atomic mass is 19.4. The Morgan fingerprint density at radius 3 is 2.67 bits per heavy atom. The van der Waals surface area contributed by atoms with Crippen LogP contribution >= 0.6 is 0 Å². The van der Waals surface area contributed by atoms with Gasteiger partial charge in [-0.25, -0.2) is 0 Å². The van der Waals surface area contributed by atoms with E-state index >= 15 is 0 Å². The zero-order chi connectivity index (χ0) is 15.7. The Hall–Kier alpha value is -2.02. The van der Waals surface area contributed by atoms with E-state index in [9.17, 15) is 18.0 Å². The number of aromatic amines is 1. The number of carbonyl (C=O) groups excluding carboxylic acids is 1. The monoisotopic (exact) mass is 299 g/mol. The predicted molar refractivity (Wildman–Crippen MR) is 73.7 cm³/mol. The first-order valence-corrected chi connectivity index (χ1v) is 6.42. The van der Waals surface area contributed by atoms with Crippen molar-refractivity contribution >= 4 is 16.8 Å². The van der Waals surface area contributed by atoms with E-state index in [1.54, 1.807) is 6.20 Å². The van der Waals surface area contributed by atoms with Crippen LogP contribution in [0.2, 0.25) is 0 Å². The first-order chi connectivity index (χ1) is 9.73. The lowest BCUT2D eigenvalue weighted by Gasteiger charge is -2.26. The molecule has 0 saturated heterocycles. The summed E-state index contributed by atoms with van der Waals surface area (Å²) in [5.41, 5.74) is 4.03. The third-order valence-corrected chi connectivity index (χ3v) is 3.42. The van der Waals surface area contributed by atoms with Crippen molar-refractivity contribution in [3.05, 3.63) is 36.0 Å². The molecule has 1 unspecified atom stereocenters. The molecule has 1 amide bonds. The van der Waals surface area contributed by atoms with Crippen LogP contribution < -0.4 is 11.1 Å². The van der Waals surface area contributed by atoms with Crippen LogP contribution in [0.1, 0.15) is 12.5 Å². The lowest BCUT2D eigenvalue weighted by atomic mass is 10.0. The number of H-pyrrole nitrogens is 1. The molecule has 7 heteroatoms. The Kier molecular flexibility index (Phi) is 3.95. The molecular weight excluding hydrogens is 283 g/mol. The maximum absolute atomic E-state index is 12.6. The minimum Gasteiger partial charge on any atom is -0.361 e. The summed E-state index contributed by atoms with van der Waals surface area (Å²) >= 11 is 0. The van der Waals surface area contributed by atoms with E-state index in [0.29, 0.717) is 13.3 Å². The van der Waals surface area contributed by atoms with E-state index in [-0.39, 0.29) is 6.54 Å². The van der Waals surface area contributed by atoms with E-state index < -0.39 is 17.6 Å². The molecule has 1 atom stereocenters. The number of hydrogen-bond acceptors (Lipinski definition) is 2. The predicted octanol–water partition coefficient (Wildman–Crippen LogP) is 2.11. The fraction of sp³-hybridized carbons (Fsp3) is 0.357. The molecule has 1 aromatic heterocycles. The Balaban J connectivity index is 1.97. The largest absolute Gasteiger partial charge is 0.415 e. The van der Waals surface area contributed by atoms with Gasteiger partial charge in [-0.15, -0.1) is 0 Å². The van der Waals surface area contributed by atoms with Gasteiger partial charge in [-0.2, -0.15) is 13.2 Å². The second kappa shape index (κ2) is 5.40. The molecule has 2 aromatic rings. The lowest BCUT2D eigenvalue weighted by Crippen LogP contribution is -2.61. The number of fused-ring (bicyclic) bond motifs is 1. The maximum atomic E-state index is 12.6. The van der Waals surface area contributed by atoms with Gasteiger partial charge >= 0.3 is 6.18 Å². The molecule has 0 aliphatic heterocycles. The molecule has 0 spiro atoms. The Bertz CT molecular complexity index is 646. The number of aromatic nitrogens is 1. The van der Waals surface area contributed by atoms with Gasteiger partial charge in [0, 0.05) is 23.6 Å². The zero-order valence-corrected chi connectivity index (χ0v) is 11.4. The molecule has 4 nitrogen and oxygen atoms in total. The summed E-state index contributed by atoms with van der Waals surface area (Å²) < 4.78 is 37.8. The number of benzene rings is 1. The Labute approximate surface area is 119 Å². The van der Waals surface area contributed by atoms with Crippen molar-refractivity contribution in [2.75, 3.05) is 6.54 Å². The summed E-state index contributed by atoms with van der Waals surface area (Å²) in [6, 6.07) is 7.57. The second-order valence-corrected chi connectivity index (χ2v) is 5.07. The molecule has 1 heterocycles. The number of nitrogens with one attached hydrogen (secondary N) is 2. The van der Waals surface area contributed by atoms with Crippen LogP contribution in [0, 0.1) is 0 Å². The lowest BCUT2D eigenvalue weighted by molar-refractivity contribution is -0.187. The van der Waals surface area contributed by atoms with Crippen LogP contribution in [0.25, 0.3) is 10.9 Å². The van der Waals surface area contributed by atoms with Crippen molar-refractivity contribution in [1.82, 2.24) is 10.3 Å². The highest BCUT2D eigenvalue weighted by Crippen LogP contribution is 2.27. The van der Waals surface area contributed by atoms with E-state index in [0.717, 1.165) is 16.5 Å². The van der Waals surface area contributed by atoms with Gasteiger partial charge in [0.05, 0.1) is 0 Å². The zero-order valence-electron chi connectivity index (χ0n) is 11.4. The van der Waals surface area contributed by atoms with Gasteiger partial charge in [0.2, 0.25) is 5.91 Å².